The monoisotopic (exact) mass is 361 g/mol. The maximum Gasteiger partial charge on any atom is 0.228 e. The van der Waals surface area contributed by atoms with Crippen molar-refractivity contribution in [2.24, 2.45) is 5.41 Å². The molecule has 0 bridgehead atoms. The Morgan fingerprint density at radius 3 is 2.23 bits per heavy atom. The number of carbonyl (C=O) groups is 1. The van der Waals surface area contributed by atoms with Crippen molar-refractivity contribution in [3.63, 3.8) is 0 Å². The maximum atomic E-state index is 13.1. The smallest absolute Gasteiger partial charge is 0.228 e. The SMILES string of the molecule is CCC1(CC)C[C@H](CCN2CCN(c3ccc(F)cc3)CC2)N(C)C1=O. The summed E-state index contributed by atoms with van der Waals surface area (Å²) in [5.74, 6) is 0.159. The van der Waals surface area contributed by atoms with Crippen LogP contribution in [0.5, 0.6) is 0 Å². The van der Waals surface area contributed by atoms with Gasteiger partial charge in [-0.25, -0.2) is 4.39 Å². The summed E-state index contributed by atoms with van der Waals surface area (Å²) >= 11 is 0. The third kappa shape index (κ3) is 3.73. The van der Waals surface area contributed by atoms with Gasteiger partial charge in [0.25, 0.3) is 0 Å². The zero-order valence-corrected chi connectivity index (χ0v) is 16.4. The summed E-state index contributed by atoms with van der Waals surface area (Å²) in [6.45, 7) is 9.32. The number of halogens is 1. The summed E-state index contributed by atoms with van der Waals surface area (Å²) in [5.41, 5.74) is 0.976. The van der Waals surface area contributed by atoms with Gasteiger partial charge in [0, 0.05) is 51.5 Å². The molecular weight excluding hydrogens is 329 g/mol. The quantitative estimate of drug-likeness (QED) is 0.777. The molecule has 1 amide bonds. The summed E-state index contributed by atoms with van der Waals surface area (Å²) in [6, 6.07) is 7.15. The lowest BCUT2D eigenvalue weighted by Crippen LogP contribution is -2.47. The number of nitrogens with zero attached hydrogens (tertiary/aromatic N) is 3. The molecule has 5 heteroatoms. The largest absolute Gasteiger partial charge is 0.369 e. The van der Waals surface area contributed by atoms with Crippen molar-refractivity contribution in [2.75, 3.05) is 44.7 Å². The highest BCUT2D eigenvalue weighted by molar-refractivity contribution is 5.85. The zero-order chi connectivity index (χ0) is 18.7. The fourth-order valence-electron chi connectivity index (χ4n) is 4.57. The lowest BCUT2D eigenvalue weighted by Gasteiger charge is -2.36. The molecule has 0 radical (unpaired) electrons. The van der Waals surface area contributed by atoms with Gasteiger partial charge in [-0.05, 0) is 49.9 Å². The molecule has 4 nitrogen and oxygen atoms in total. The fraction of sp³-hybridized carbons (Fsp3) is 0.667. The first-order valence-corrected chi connectivity index (χ1v) is 9.99. The first-order chi connectivity index (χ1) is 12.5. The molecule has 0 aliphatic carbocycles. The van der Waals surface area contributed by atoms with Gasteiger partial charge >= 0.3 is 0 Å². The van der Waals surface area contributed by atoms with E-state index in [0.717, 1.165) is 64.1 Å². The van der Waals surface area contributed by atoms with Gasteiger partial charge in [-0.15, -0.1) is 0 Å². The third-order valence-corrected chi connectivity index (χ3v) is 6.64. The van der Waals surface area contributed by atoms with Gasteiger partial charge in [-0.3, -0.25) is 9.69 Å². The van der Waals surface area contributed by atoms with Gasteiger partial charge < -0.3 is 9.80 Å². The Morgan fingerprint density at radius 2 is 1.69 bits per heavy atom. The Kier molecular flexibility index (Phi) is 5.86. The van der Waals surface area contributed by atoms with Crippen LogP contribution in [0.15, 0.2) is 24.3 Å². The van der Waals surface area contributed by atoms with E-state index < -0.39 is 0 Å². The standard InChI is InChI=1S/C21H32FN3O/c1-4-21(5-2)16-19(23(3)20(21)26)10-11-24-12-14-25(15-13-24)18-8-6-17(22)7-9-18/h6-9,19H,4-5,10-16H2,1-3H3/t19-/m0/s1. The summed E-state index contributed by atoms with van der Waals surface area (Å²) < 4.78 is 13.1. The van der Waals surface area contributed by atoms with Crippen molar-refractivity contribution < 1.29 is 9.18 Å². The average Bonchev–Trinajstić information content (AvgIpc) is 2.92. The highest BCUT2D eigenvalue weighted by atomic mass is 19.1. The molecule has 1 aromatic carbocycles. The van der Waals surface area contributed by atoms with Gasteiger partial charge in [-0.1, -0.05) is 13.8 Å². The first kappa shape index (κ1) is 19.2. The zero-order valence-electron chi connectivity index (χ0n) is 16.4. The Bertz CT molecular complexity index is 606. The number of likely N-dealkylation sites (tertiary alicyclic amines) is 1. The molecule has 26 heavy (non-hydrogen) atoms. The number of hydrogen-bond acceptors (Lipinski definition) is 3. The summed E-state index contributed by atoms with van der Waals surface area (Å²) in [7, 11) is 1.98. The van der Waals surface area contributed by atoms with Crippen molar-refractivity contribution in [2.45, 2.75) is 45.6 Å². The second kappa shape index (κ2) is 7.95. The lowest BCUT2D eigenvalue weighted by molar-refractivity contribution is -0.136. The summed E-state index contributed by atoms with van der Waals surface area (Å²) in [6.07, 6.45) is 3.95. The van der Waals surface area contributed by atoms with E-state index >= 15 is 0 Å². The van der Waals surface area contributed by atoms with Crippen molar-refractivity contribution in [1.82, 2.24) is 9.80 Å². The molecule has 3 rings (SSSR count). The first-order valence-electron chi connectivity index (χ1n) is 9.99. The molecule has 0 aromatic heterocycles. The molecule has 2 aliphatic heterocycles. The van der Waals surface area contributed by atoms with Crippen LogP contribution in [0.25, 0.3) is 0 Å². The average molecular weight is 362 g/mol. The van der Waals surface area contributed by atoms with Crippen molar-refractivity contribution >= 4 is 11.6 Å². The van der Waals surface area contributed by atoms with E-state index in [1.807, 2.05) is 24.1 Å². The van der Waals surface area contributed by atoms with Gasteiger partial charge in [0.2, 0.25) is 5.91 Å². The van der Waals surface area contributed by atoms with Crippen LogP contribution in [0.3, 0.4) is 0 Å². The Labute approximate surface area is 157 Å². The summed E-state index contributed by atoms with van der Waals surface area (Å²) in [5, 5.41) is 0. The second-order valence-corrected chi connectivity index (χ2v) is 7.86. The van der Waals surface area contributed by atoms with Crippen LogP contribution in [0.2, 0.25) is 0 Å². The number of rotatable bonds is 6. The molecule has 0 spiro atoms. The molecule has 2 fully saturated rings. The van der Waals surface area contributed by atoms with Gasteiger partial charge in [-0.2, -0.15) is 0 Å². The Balaban J connectivity index is 1.48. The summed E-state index contributed by atoms with van der Waals surface area (Å²) in [4.78, 5) is 19.5. The van der Waals surface area contributed by atoms with Crippen LogP contribution in [0.1, 0.15) is 39.5 Å². The van der Waals surface area contributed by atoms with E-state index in [1.54, 1.807) is 0 Å². The molecule has 1 atom stereocenters. The number of anilines is 1. The normalized spacial score (nSPS) is 23.7. The fourth-order valence-corrected chi connectivity index (χ4v) is 4.57. The van der Waals surface area contributed by atoms with E-state index in [0.29, 0.717) is 11.9 Å². The minimum absolute atomic E-state index is 0.124. The number of hydrogen-bond donors (Lipinski definition) is 0. The molecule has 2 aliphatic rings. The number of amides is 1. The Hall–Kier alpha value is -1.62. The molecule has 144 valence electrons. The molecule has 0 N–H and O–H groups in total. The van der Waals surface area contributed by atoms with E-state index in [-0.39, 0.29) is 11.2 Å². The highest BCUT2D eigenvalue weighted by Crippen LogP contribution is 2.42. The van der Waals surface area contributed by atoms with Gasteiger partial charge in [0.15, 0.2) is 0 Å². The molecule has 2 heterocycles. The van der Waals surface area contributed by atoms with E-state index in [9.17, 15) is 9.18 Å². The third-order valence-electron chi connectivity index (χ3n) is 6.64. The molecular formula is C21H32FN3O. The Morgan fingerprint density at radius 1 is 1.08 bits per heavy atom. The van der Waals surface area contributed by atoms with Crippen LogP contribution in [-0.2, 0) is 4.79 Å². The van der Waals surface area contributed by atoms with Crippen LogP contribution in [-0.4, -0.2) is 61.5 Å². The lowest BCUT2D eigenvalue weighted by atomic mass is 9.79. The van der Waals surface area contributed by atoms with Crippen LogP contribution < -0.4 is 4.90 Å². The predicted molar refractivity (Wildman–Crippen MR) is 104 cm³/mol. The van der Waals surface area contributed by atoms with E-state index in [1.165, 1.54) is 12.1 Å². The van der Waals surface area contributed by atoms with E-state index in [4.69, 9.17) is 0 Å². The van der Waals surface area contributed by atoms with Crippen LogP contribution >= 0.6 is 0 Å². The van der Waals surface area contributed by atoms with Gasteiger partial charge in [0.05, 0.1) is 5.41 Å². The minimum atomic E-state index is -0.183. The highest BCUT2D eigenvalue weighted by Gasteiger charge is 2.47. The van der Waals surface area contributed by atoms with E-state index in [2.05, 4.69) is 23.6 Å². The van der Waals surface area contributed by atoms with Crippen molar-refractivity contribution in [3.8, 4) is 0 Å². The minimum Gasteiger partial charge on any atom is -0.369 e. The number of piperazine rings is 1. The van der Waals surface area contributed by atoms with Crippen molar-refractivity contribution in [3.05, 3.63) is 30.1 Å². The van der Waals surface area contributed by atoms with Crippen molar-refractivity contribution in [1.29, 1.82) is 0 Å². The molecule has 0 unspecified atom stereocenters. The number of benzene rings is 1. The number of carbonyl (C=O) groups excluding carboxylic acids is 1. The van der Waals surface area contributed by atoms with Gasteiger partial charge in [0.1, 0.15) is 5.82 Å². The molecule has 1 aromatic rings. The van der Waals surface area contributed by atoms with Crippen LogP contribution in [0.4, 0.5) is 10.1 Å². The second-order valence-electron chi connectivity index (χ2n) is 7.86. The van der Waals surface area contributed by atoms with Crippen LogP contribution in [0, 0.1) is 11.2 Å². The topological polar surface area (TPSA) is 26.8 Å². The maximum absolute atomic E-state index is 13.1. The molecule has 2 saturated heterocycles. The molecule has 0 saturated carbocycles. The predicted octanol–water partition coefficient (Wildman–Crippen LogP) is 3.37.